The molecule has 1 atom stereocenters. The average molecular weight is 312 g/mol. The van der Waals surface area contributed by atoms with Gasteiger partial charge in [0.15, 0.2) is 0 Å². The van der Waals surface area contributed by atoms with Crippen LogP contribution in [0.5, 0.6) is 0 Å². The Morgan fingerprint density at radius 3 is 2.83 bits per heavy atom. The number of aliphatic hydroxyl groups is 1. The van der Waals surface area contributed by atoms with Crippen molar-refractivity contribution in [2.24, 2.45) is 0 Å². The minimum absolute atomic E-state index is 0.231. The highest BCUT2D eigenvalue weighted by Gasteiger charge is 2.15. The molecule has 0 spiro atoms. The van der Waals surface area contributed by atoms with Gasteiger partial charge in [0.2, 0.25) is 0 Å². The van der Waals surface area contributed by atoms with Gasteiger partial charge in [-0.2, -0.15) is 0 Å². The van der Waals surface area contributed by atoms with E-state index in [1.165, 1.54) is 12.0 Å². The number of hydrogen-bond acceptors (Lipinski definition) is 4. The maximum absolute atomic E-state index is 8.97. The first-order chi connectivity index (χ1) is 11.3. The summed E-state index contributed by atoms with van der Waals surface area (Å²) in [6, 6.07) is 11.1. The van der Waals surface area contributed by atoms with Gasteiger partial charge in [-0.3, -0.25) is 4.98 Å². The molecule has 3 rings (SSSR count). The molecule has 1 aromatic heterocycles. The molecular weight excluding hydrogens is 288 g/mol. The van der Waals surface area contributed by atoms with Gasteiger partial charge in [-0.1, -0.05) is 24.3 Å². The number of nitrogens with zero attached hydrogens (tertiary/aromatic N) is 1. The molecule has 1 aliphatic rings. The van der Waals surface area contributed by atoms with Crippen LogP contribution >= 0.6 is 0 Å². The van der Waals surface area contributed by atoms with Crippen molar-refractivity contribution < 1.29 is 9.84 Å². The van der Waals surface area contributed by atoms with Gasteiger partial charge >= 0.3 is 0 Å². The number of rotatable bonds is 8. The largest absolute Gasteiger partial charge is 0.396 e. The summed E-state index contributed by atoms with van der Waals surface area (Å²) in [6.07, 6.45) is 6.66. The van der Waals surface area contributed by atoms with Crippen molar-refractivity contribution in [3.05, 3.63) is 53.9 Å². The Labute approximate surface area is 137 Å². The normalized spacial score (nSPS) is 17.0. The molecule has 0 bridgehead atoms. The van der Waals surface area contributed by atoms with E-state index in [-0.39, 0.29) is 6.61 Å². The summed E-state index contributed by atoms with van der Waals surface area (Å²) in [5, 5.41) is 12.3. The highest BCUT2D eigenvalue weighted by Crippen LogP contribution is 2.21. The van der Waals surface area contributed by atoms with Crippen LogP contribution in [0, 0.1) is 0 Å². The summed E-state index contributed by atoms with van der Waals surface area (Å²) < 4.78 is 5.76. The van der Waals surface area contributed by atoms with Crippen LogP contribution in [-0.2, 0) is 17.8 Å². The highest BCUT2D eigenvalue weighted by atomic mass is 16.5. The molecule has 0 amide bonds. The minimum Gasteiger partial charge on any atom is -0.396 e. The van der Waals surface area contributed by atoms with Gasteiger partial charge in [0, 0.05) is 30.6 Å². The molecule has 0 aliphatic carbocycles. The summed E-state index contributed by atoms with van der Waals surface area (Å²) in [6.45, 7) is 2.70. The molecule has 4 nitrogen and oxygen atoms in total. The van der Waals surface area contributed by atoms with E-state index in [1.807, 2.05) is 12.4 Å². The van der Waals surface area contributed by atoms with Gasteiger partial charge < -0.3 is 15.2 Å². The summed E-state index contributed by atoms with van der Waals surface area (Å²) in [5.74, 6) is 0. The first-order valence-corrected chi connectivity index (χ1v) is 8.30. The molecule has 0 radical (unpaired) electrons. The van der Waals surface area contributed by atoms with Crippen LogP contribution in [-0.4, -0.2) is 35.9 Å². The molecular formula is C19H24N2O2. The van der Waals surface area contributed by atoms with Crippen LogP contribution in [0.25, 0.3) is 11.1 Å². The third-order valence-electron chi connectivity index (χ3n) is 4.19. The Bertz CT molecular complexity index is 626. The van der Waals surface area contributed by atoms with E-state index in [9.17, 15) is 0 Å². The number of ether oxygens (including phenoxy) is 1. The monoisotopic (exact) mass is 312 g/mol. The van der Waals surface area contributed by atoms with Crippen molar-refractivity contribution in [2.75, 3.05) is 19.8 Å². The topological polar surface area (TPSA) is 54.4 Å². The van der Waals surface area contributed by atoms with Crippen molar-refractivity contribution in [2.45, 2.75) is 31.9 Å². The van der Waals surface area contributed by atoms with Crippen molar-refractivity contribution in [1.29, 1.82) is 0 Å². The van der Waals surface area contributed by atoms with E-state index in [0.29, 0.717) is 12.6 Å². The van der Waals surface area contributed by atoms with Gasteiger partial charge in [0.25, 0.3) is 0 Å². The minimum atomic E-state index is 0.231. The molecule has 23 heavy (non-hydrogen) atoms. The number of aliphatic hydroxyl groups excluding tert-OH is 1. The van der Waals surface area contributed by atoms with Gasteiger partial charge in [-0.25, -0.2) is 0 Å². The van der Waals surface area contributed by atoms with Crippen LogP contribution in [0.2, 0.25) is 0 Å². The van der Waals surface area contributed by atoms with Crippen LogP contribution in [0.15, 0.2) is 42.7 Å². The smallest absolute Gasteiger partial charge is 0.0732 e. The Kier molecular flexibility index (Phi) is 5.75. The summed E-state index contributed by atoms with van der Waals surface area (Å²) in [7, 11) is 0. The van der Waals surface area contributed by atoms with Crippen molar-refractivity contribution in [3.63, 3.8) is 0 Å². The fourth-order valence-electron chi connectivity index (χ4n) is 2.72. The number of hydrogen-bond donors (Lipinski definition) is 2. The molecule has 4 heteroatoms. The van der Waals surface area contributed by atoms with Crippen LogP contribution < -0.4 is 5.32 Å². The zero-order chi connectivity index (χ0) is 15.9. The Morgan fingerprint density at radius 2 is 2.04 bits per heavy atom. The average Bonchev–Trinajstić information content (AvgIpc) is 2.56. The fourth-order valence-corrected chi connectivity index (χ4v) is 2.72. The number of aromatic nitrogens is 1. The van der Waals surface area contributed by atoms with Gasteiger partial charge in [-0.05, 0) is 48.6 Å². The Hall–Kier alpha value is -1.75. The van der Waals surface area contributed by atoms with E-state index < -0.39 is 0 Å². The number of nitrogens with one attached hydrogen (secondary N) is 1. The predicted molar refractivity (Wildman–Crippen MR) is 91.1 cm³/mol. The Morgan fingerprint density at radius 1 is 1.17 bits per heavy atom. The molecule has 122 valence electrons. The third kappa shape index (κ3) is 4.61. The molecule has 2 heterocycles. The maximum atomic E-state index is 8.97. The molecule has 2 aromatic rings. The number of pyridine rings is 1. The lowest BCUT2D eigenvalue weighted by atomic mass is 10.0. The molecule has 0 saturated carbocycles. The summed E-state index contributed by atoms with van der Waals surface area (Å²) in [5.41, 5.74) is 4.62. The zero-order valence-corrected chi connectivity index (χ0v) is 13.4. The van der Waals surface area contributed by atoms with Crippen molar-refractivity contribution >= 4 is 0 Å². The third-order valence-corrected chi connectivity index (χ3v) is 4.19. The second-order valence-electron chi connectivity index (χ2n) is 6.06. The second-order valence-corrected chi connectivity index (χ2v) is 6.06. The lowest BCUT2D eigenvalue weighted by Gasteiger charge is -2.27. The predicted octanol–water partition coefficient (Wildman–Crippen LogP) is 2.55. The van der Waals surface area contributed by atoms with E-state index in [4.69, 9.17) is 9.84 Å². The lowest BCUT2D eigenvalue weighted by molar-refractivity contribution is 0.0806. The van der Waals surface area contributed by atoms with Gasteiger partial charge in [-0.15, -0.1) is 0 Å². The highest BCUT2D eigenvalue weighted by molar-refractivity contribution is 5.63. The van der Waals surface area contributed by atoms with E-state index in [0.717, 1.165) is 42.7 Å². The molecule has 2 N–H and O–H groups in total. The molecule has 0 unspecified atom stereocenters. The SMILES string of the molecule is OCCCc1cccc(-c2cncc(COC[C@@H]3CCN3)c2)c1. The Balaban J connectivity index is 1.63. The molecule has 1 aliphatic heterocycles. The molecule has 1 aromatic carbocycles. The first-order valence-electron chi connectivity index (χ1n) is 8.30. The molecule has 1 saturated heterocycles. The number of benzene rings is 1. The fraction of sp³-hybridized carbons (Fsp3) is 0.421. The quantitative estimate of drug-likeness (QED) is 0.786. The van der Waals surface area contributed by atoms with Crippen LogP contribution in [0.4, 0.5) is 0 Å². The van der Waals surface area contributed by atoms with Crippen LogP contribution in [0.3, 0.4) is 0 Å². The second kappa shape index (κ2) is 8.20. The van der Waals surface area contributed by atoms with E-state index >= 15 is 0 Å². The molecule has 1 fully saturated rings. The number of aryl methyl sites for hydroxylation is 1. The van der Waals surface area contributed by atoms with E-state index in [2.05, 4.69) is 40.6 Å². The summed E-state index contributed by atoms with van der Waals surface area (Å²) in [4.78, 5) is 4.35. The first kappa shape index (κ1) is 16.1. The van der Waals surface area contributed by atoms with Gasteiger partial charge in [0.05, 0.1) is 13.2 Å². The van der Waals surface area contributed by atoms with Crippen molar-refractivity contribution in [3.8, 4) is 11.1 Å². The van der Waals surface area contributed by atoms with Crippen LogP contribution in [0.1, 0.15) is 24.0 Å². The maximum Gasteiger partial charge on any atom is 0.0732 e. The standard InChI is InChI=1S/C19H24N2O2/c22-8-2-4-15-3-1-5-17(9-15)18-10-16(11-20-12-18)13-23-14-19-6-7-21-19/h1,3,5,9-12,19,21-22H,2,4,6-8,13-14H2/t19-/m0/s1. The summed E-state index contributed by atoms with van der Waals surface area (Å²) >= 11 is 0. The zero-order valence-electron chi connectivity index (χ0n) is 13.4. The van der Waals surface area contributed by atoms with E-state index in [1.54, 1.807) is 0 Å². The lowest BCUT2D eigenvalue weighted by Crippen LogP contribution is -2.45. The van der Waals surface area contributed by atoms with Crippen molar-refractivity contribution in [1.82, 2.24) is 10.3 Å². The van der Waals surface area contributed by atoms with Gasteiger partial charge in [0.1, 0.15) is 0 Å².